The molecule has 0 aromatic rings. The molecule has 0 unspecified atom stereocenters. The Bertz CT molecular complexity index is 126. The zero-order chi connectivity index (χ0) is 8.39. The molecule has 2 heterocycles. The summed E-state index contributed by atoms with van der Waals surface area (Å²) in [5.41, 5.74) is 0. The van der Waals surface area contributed by atoms with Crippen molar-refractivity contribution < 1.29 is 0 Å². The molecule has 0 aliphatic carbocycles. The molecule has 0 bridgehead atoms. The minimum Gasteiger partial charge on any atom is -0.317 e. The lowest BCUT2D eigenvalue weighted by Gasteiger charge is -2.30. The van der Waals surface area contributed by atoms with E-state index in [1.807, 2.05) is 0 Å². The predicted molar refractivity (Wildman–Crippen MR) is 58.7 cm³/mol. The zero-order valence-electron chi connectivity index (χ0n) is 8.13. The van der Waals surface area contributed by atoms with Gasteiger partial charge in [-0.05, 0) is 51.9 Å². The lowest BCUT2D eigenvalue weighted by molar-refractivity contribution is 0.442. The Kier molecular flexibility index (Phi) is 3.01. The molecule has 0 aromatic carbocycles. The van der Waals surface area contributed by atoms with Gasteiger partial charge in [-0.25, -0.2) is 0 Å². The van der Waals surface area contributed by atoms with Crippen LogP contribution in [-0.2, 0) is 0 Å². The molecule has 70 valence electrons. The fraction of sp³-hybridized carbons (Fsp3) is 1.00. The first-order valence-electron chi connectivity index (χ1n) is 5.36. The van der Waals surface area contributed by atoms with Gasteiger partial charge in [0.25, 0.3) is 0 Å². The van der Waals surface area contributed by atoms with Crippen molar-refractivity contribution in [2.75, 3.05) is 26.2 Å². The minimum absolute atomic E-state index is 0.502. The highest BCUT2D eigenvalue weighted by Crippen LogP contribution is 2.14. The Morgan fingerprint density at radius 2 is 1.08 bits per heavy atom. The van der Waals surface area contributed by atoms with Crippen LogP contribution >= 0.6 is 0 Å². The van der Waals surface area contributed by atoms with Crippen LogP contribution in [0.1, 0.15) is 25.7 Å². The van der Waals surface area contributed by atoms with Crippen LogP contribution in [0.15, 0.2) is 0 Å². The highest BCUT2D eigenvalue weighted by molar-refractivity contribution is 6.99. The summed E-state index contributed by atoms with van der Waals surface area (Å²) in [6.45, 7) is 5.71. The third-order valence-electron chi connectivity index (χ3n) is 3.34. The Morgan fingerprint density at radius 3 is 1.42 bits per heavy atom. The minimum atomic E-state index is -0.502. The van der Waals surface area contributed by atoms with E-state index in [1.165, 1.54) is 61.6 Å². The van der Waals surface area contributed by atoms with E-state index in [2.05, 4.69) is 9.13 Å². The largest absolute Gasteiger partial charge is 0.317 e. The van der Waals surface area contributed by atoms with E-state index in [-0.39, 0.29) is 0 Å². The Balaban J connectivity index is 1.84. The predicted octanol–water partition coefficient (Wildman–Crippen LogP) is -0.739. The summed E-state index contributed by atoms with van der Waals surface area (Å²) in [7, 11) is 0.963. The molecule has 2 rings (SSSR count). The van der Waals surface area contributed by atoms with Crippen molar-refractivity contribution in [3.63, 3.8) is 0 Å². The fourth-order valence-corrected chi connectivity index (χ4v) is 8.25. The van der Waals surface area contributed by atoms with Crippen molar-refractivity contribution in [3.8, 4) is 0 Å². The normalized spacial score (nSPS) is 27.8. The topological polar surface area (TPSA) is 6.48 Å². The summed E-state index contributed by atoms with van der Waals surface area (Å²) >= 11 is 0. The van der Waals surface area contributed by atoms with Crippen molar-refractivity contribution in [1.29, 1.82) is 0 Å². The van der Waals surface area contributed by atoms with E-state index in [0.29, 0.717) is 0 Å². The number of hydrogen-bond donors (Lipinski definition) is 0. The van der Waals surface area contributed by atoms with E-state index in [1.54, 1.807) is 0 Å². The number of hydrogen-bond acceptors (Lipinski definition) is 2. The number of rotatable bonds is 2. The molecule has 0 aromatic heterocycles. The summed E-state index contributed by atoms with van der Waals surface area (Å²) in [5.74, 6) is 0. The van der Waals surface area contributed by atoms with E-state index in [4.69, 9.17) is 0 Å². The average Bonchev–Trinajstić information content (AvgIpc) is 2.77. The standard InChI is InChI=1S/C8H20N2Si2/c11-12(9-5-1-2-6-9)10-7-3-4-8-10/h12H,1-8H2,11H3. The SMILES string of the molecule is [SiH3][SiH](N1CCCC1)N1CCCC1. The van der Waals surface area contributed by atoms with E-state index in [9.17, 15) is 0 Å². The van der Waals surface area contributed by atoms with Gasteiger partial charge in [-0.15, -0.1) is 0 Å². The summed E-state index contributed by atoms with van der Waals surface area (Å²) in [6.07, 6.45) is 5.89. The smallest absolute Gasteiger partial charge is 0.164 e. The van der Waals surface area contributed by atoms with Crippen LogP contribution in [0.5, 0.6) is 0 Å². The summed E-state index contributed by atoms with van der Waals surface area (Å²) in [5, 5.41) is 0. The van der Waals surface area contributed by atoms with Gasteiger partial charge in [-0.2, -0.15) is 0 Å². The zero-order valence-corrected chi connectivity index (χ0v) is 11.3. The molecule has 0 saturated carbocycles. The molecule has 12 heavy (non-hydrogen) atoms. The van der Waals surface area contributed by atoms with Gasteiger partial charge >= 0.3 is 0 Å². The molecule has 2 fully saturated rings. The van der Waals surface area contributed by atoms with Crippen LogP contribution in [0.4, 0.5) is 0 Å². The van der Waals surface area contributed by atoms with Crippen LogP contribution in [-0.4, -0.2) is 53.7 Å². The van der Waals surface area contributed by atoms with E-state index < -0.39 is 8.64 Å². The lowest BCUT2D eigenvalue weighted by atomic mass is 10.4. The van der Waals surface area contributed by atoms with Crippen LogP contribution in [0.3, 0.4) is 0 Å². The van der Waals surface area contributed by atoms with Gasteiger partial charge in [-0.1, -0.05) is 0 Å². The van der Waals surface area contributed by atoms with Gasteiger partial charge in [0.15, 0.2) is 8.64 Å². The second kappa shape index (κ2) is 4.04. The molecule has 4 heteroatoms. The van der Waals surface area contributed by atoms with Gasteiger partial charge in [-0.3, -0.25) is 0 Å². The molecular weight excluding hydrogens is 180 g/mol. The summed E-state index contributed by atoms with van der Waals surface area (Å²) < 4.78 is 5.66. The van der Waals surface area contributed by atoms with Gasteiger partial charge in [0.2, 0.25) is 0 Å². The molecule has 2 aliphatic heterocycles. The molecule has 0 spiro atoms. The first kappa shape index (κ1) is 8.93. The molecule has 0 radical (unpaired) electrons. The Labute approximate surface area is 79.9 Å². The second-order valence-corrected chi connectivity index (χ2v) is 9.94. The van der Waals surface area contributed by atoms with Crippen molar-refractivity contribution >= 4 is 18.4 Å². The Hall–Kier alpha value is 0.354. The third kappa shape index (κ3) is 1.81. The first-order valence-corrected chi connectivity index (χ1v) is 11.0. The van der Waals surface area contributed by atoms with E-state index in [0.717, 1.165) is 0 Å². The molecule has 0 N–H and O–H groups in total. The van der Waals surface area contributed by atoms with Gasteiger partial charge in [0, 0.05) is 9.76 Å². The molecule has 2 nitrogen and oxygen atoms in total. The lowest BCUT2D eigenvalue weighted by Crippen LogP contribution is -2.51. The average molecular weight is 200 g/mol. The molecule has 2 aliphatic rings. The molecule has 2 saturated heterocycles. The first-order chi connectivity index (χ1) is 5.88. The van der Waals surface area contributed by atoms with Crippen LogP contribution in [0.2, 0.25) is 0 Å². The molecular formula is C8H20N2Si2. The van der Waals surface area contributed by atoms with Crippen LogP contribution in [0.25, 0.3) is 0 Å². The van der Waals surface area contributed by atoms with Gasteiger partial charge < -0.3 is 9.13 Å². The van der Waals surface area contributed by atoms with Crippen LogP contribution < -0.4 is 0 Å². The van der Waals surface area contributed by atoms with Crippen molar-refractivity contribution in [3.05, 3.63) is 0 Å². The molecule has 0 atom stereocenters. The van der Waals surface area contributed by atoms with Crippen LogP contribution in [0, 0.1) is 0 Å². The highest BCUT2D eigenvalue weighted by Gasteiger charge is 2.26. The second-order valence-electron chi connectivity index (χ2n) is 4.12. The van der Waals surface area contributed by atoms with Crippen molar-refractivity contribution in [2.24, 2.45) is 0 Å². The van der Waals surface area contributed by atoms with Crippen molar-refractivity contribution in [1.82, 2.24) is 9.13 Å². The number of nitrogens with zero attached hydrogens (tertiary/aromatic N) is 2. The quantitative estimate of drug-likeness (QED) is 0.542. The summed E-state index contributed by atoms with van der Waals surface area (Å²) in [6, 6.07) is 0. The van der Waals surface area contributed by atoms with Gasteiger partial charge in [0.1, 0.15) is 0 Å². The Morgan fingerprint density at radius 1 is 0.750 bits per heavy atom. The maximum absolute atomic E-state index is 2.83. The maximum Gasteiger partial charge on any atom is 0.164 e. The van der Waals surface area contributed by atoms with Crippen molar-refractivity contribution in [2.45, 2.75) is 25.7 Å². The highest BCUT2D eigenvalue weighted by atomic mass is 29.2. The van der Waals surface area contributed by atoms with E-state index >= 15 is 0 Å². The monoisotopic (exact) mass is 200 g/mol. The third-order valence-corrected chi connectivity index (χ3v) is 10.9. The fourth-order valence-electron chi connectivity index (χ4n) is 2.46. The molecule has 0 amide bonds. The summed E-state index contributed by atoms with van der Waals surface area (Å²) in [4.78, 5) is 0. The van der Waals surface area contributed by atoms with Gasteiger partial charge in [0.05, 0.1) is 0 Å². The maximum atomic E-state index is 2.83.